The number of ether oxygens (including phenoxy) is 2. The van der Waals surface area contributed by atoms with Gasteiger partial charge in [0, 0.05) is 39.8 Å². The number of unbranched alkanes of at least 4 members (excludes halogenated alkanes) is 1. The first kappa shape index (κ1) is 29.6. The Morgan fingerprint density at radius 2 is 1.92 bits per heavy atom. The van der Waals surface area contributed by atoms with Crippen LogP contribution in [0, 0.1) is 0 Å². The molecule has 3 rings (SSSR count). The van der Waals surface area contributed by atoms with Crippen LogP contribution in [0.15, 0.2) is 41.3 Å². The fourth-order valence-corrected chi connectivity index (χ4v) is 5.21. The first-order valence-electron chi connectivity index (χ1n) is 12.2. The van der Waals surface area contributed by atoms with Crippen molar-refractivity contribution in [2.75, 3.05) is 19.0 Å². The zero-order chi connectivity index (χ0) is 27.8. The summed E-state index contributed by atoms with van der Waals surface area (Å²) in [4.78, 5) is 28.7. The Morgan fingerprint density at radius 3 is 2.53 bits per heavy atom. The number of nitrogens with zero attached hydrogens (tertiary/aromatic N) is 1. The summed E-state index contributed by atoms with van der Waals surface area (Å²) in [5.41, 5.74) is 3.05. The Labute approximate surface area is 236 Å². The zero-order valence-corrected chi connectivity index (χ0v) is 24.0. The van der Waals surface area contributed by atoms with Gasteiger partial charge in [0.05, 0.1) is 29.0 Å². The average molecular weight is 578 g/mol. The van der Waals surface area contributed by atoms with Crippen molar-refractivity contribution >= 4 is 57.6 Å². The fraction of sp³-hybridized carbons (Fsp3) is 0.321. The Morgan fingerprint density at radius 1 is 1.21 bits per heavy atom. The normalized spacial score (nSPS) is 12.3. The van der Waals surface area contributed by atoms with E-state index in [1.165, 1.54) is 36.5 Å². The smallest absolute Gasteiger partial charge is 0.331 e. The molecule has 10 heteroatoms. The van der Waals surface area contributed by atoms with Crippen molar-refractivity contribution in [2.24, 2.45) is 0 Å². The molecule has 0 radical (unpaired) electrons. The van der Waals surface area contributed by atoms with Crippen LogP contribution in [0.5, 0.6) is 5.75 Å². The second-order valence-corrected chi connectivity index (χ2v) is 10.2. The standard InChI is InChI=1S/C28H30Cl2N2O5S/c1-5-7-11-24(37-6-2)19-10-8-9-18(25(19)36-4)23-15-38-28(31-23)32-26(33)17-13-21(29)20(22(30)14-17)12-16(3)27(34)35/h8-10,12-15,24H,5-7,11H2,1-4H3,(H,34,35)(H,31,32,33). The fourth-order valence-electron chi connectivity index (χ4n) is 3.91. The van der Waals surface area contributed by atoms with Crippen molar-refractivity contribution in [1.82, 2.24) is 4.98 Å². The van der Waals surface area contributed by atoms with Crippen LogP contribution in [0.2, 0.25) is 10.0 Å². The number of hydrogen-bond acceptors (Lipinski definition) is 6. The van der Waals surface area contributed by atoms with Gasteiger partial charge < -0.3 is 14.6 Å². The number of carboxylic acid groups (broad SMARTS) is 1. The summed E-state index contributed by atoms with van der Waals surface area (Å²) >= 11 is 13.9. The highest BCUT2D eigenvalue weighted by atomic mass is 35.5. The monoisotopic (exact) mass is 576 g/mol. The van der Waals surface area contributed by atoms with Gasteiger partial charge in [0.1, 0.15) is 5.75 Å². The molecule has 1 aromatic heterocycles. The van der Waals surface area contributed by atoms with E-state index >= 15 is 0 Å². The molecule has 202 valence electrons. The number of thiazole rings is 1. The molecular formula is C28H30Cl2N2O5S. The number of para-hydroxylation sites is 1. The third kappa shape index (κ3) is 7.14. The number of benzene rings is 2. The number of aliphatic carboxylic acids is 1. The van der Waals surface area contributed by atoms with Crippen LogP contribution in [0.4, 0.5) is 5.13 Å². The highest BCUT2D eigenvalue weighted by Crippen LogP contribution is 2.40. The molecule has 0 saturated heterocycles. The van der Waals surface area contributed by atoms with E-state index in [4.69, 9.17) is 37.8 Å². The van der Waals surface area contributed by atoms with Gasteiger partial charge in [0.25, 0.3) is 5.91 Å². The van der Waals surface area contributed by atoms with Crippen LogP contribution in [-0.2, 0) is 9.53 Å². The van der Waals surface area contributed by atoms with E-state index in [2.05, 4.69) is 17.2 Å². The molecule has 2 N–H and O–H groups in total. The molecule has 1 atom stereocenters. The third-order valence-corrected chi connectivity index (χ3v) is 7.21. The Bertz CT molecular complexity index is 1320. The summed E-state index contributed by atoms with van der Waals surface area (Å²) in [6.07, 6.45) is 4.27. The quantitative estimate of drug-likeness (QED) is 0.211. The van der Waals surface area contributed by atoms with Gasteiger partial charge in [0.2, 0.25) is 0 Å². The number of amides is 1. The number of carbonyl (C=O) groups is 2. The van der Waals surface area contributed by atoms with E-state index in [9.17, 15) is 9.59 Å². The molecule has 0 aliphatic heterocycles. The number of aromatic nitrogens is 1. The highest BCUT2D eigenvalue weighted by molar-refractivity contribution is 7.14. The number of nitrogens with one attached hydrogen (secondary N) is 1. The molecule has 0 aliphatic carbocycles. The Balaban J connectivity index is 1.86. The first-order chi connectivity index (χ1) is 18.2. The maximum Gasteiger partial charge on any atom is 0.331 e. The number of rotatable bonds is 12. The maximum atomic E-state index is 12.9. The molecule has 0 aliphatic rings. The summed E-state index contributed by atoms with van der Waals surface area (Å²) in [6.45, 7) is 6.16. The van der Waals surface area contributed by atoms with Crippen molar-refractivity contribution in [3.05, 3.63) is 68.0 Å². The molecule has 0 saturated carbocycles. The Hall–Kier alpha value is -2.91. The molecule has 0 fully saturated rings. The summed E-state index contributed by atoms with van der Waals surface area (Å²) in [5.74, 6) is -0.837. The second kappa shape index (κ2) is 13.8. The molecule has 7 nitrogen and oxygen atoms in total. The topological polar surface area (TPSA) is 97.8 Å². The van der Waals surface area contributed by atoms with E-state index in [0.29, 0.717) is 28.7 Å². The van der Waals surface area contributed by atoms with Gasteiger partial charge in [-0.3, -0.25) is 10.1 Å². The van der Waals surface area contributed by atoms with Gasteiger partial charge in [-0.05, 0) is 44.5 Å². The first-order valence-corrected chi connectivity index (χ1v) is 13.8. The number of carboxylic acids is 1. The SMILES string of the molecule is CCCCC(OCC)c1cccc(-c2csc(NC(=O)c3cc(Cl)c(C=C(C)C(=O)O)c(Cl)c3)n2)c1OC. The zero-order valence-electron chi connectivity index (χ0n) is 21.6. The van der Waals surface area contributed by atoms with Crippen molar-refractivity contribution in [3.63, 3.8) is 0 Å². The summed E-state index contributed by atoms with van der Waals surface area (Å²) < 4.78 is 11.8. The molecule has 1 unspecified atom stereocenters. The molecule has 1 amide bonds. The lowest BCUT2D eigenvalue weighted by molar-refractivity contribution is -0.132. The van der Waals surface area contributed by atoms with Gasteiger partial charge in [0.15, 0.2) is 5.13 Å². The third-order valence-electron chi connectivity index (χ3n) is 5.82. The van der Waals surface area contributed by atoms with Crippen LogP contribution in [-0.4, -0.2) is 35.7 Å². The van der Waals surface area contributed by atoms with Gasteiger partial charge in [-0.1, -0.05) is 55.1 Å². The number of methoxy groups -OCH3 is 1. The predicted octanol–water partition coefficient (Wildman–Crippen LogP) is 8.13. The van der Waals surface area contributed by atoms with E-state index in [1.54, 1.807) is 7.11 Å². The Kier molecular flexibility index (Phi) is 10.7. The molecule has 3 aromatic rings. The van der Waals surface area contributed by atoms with Crippen LogP contribution >= 0.6 is 34.5 Å². The lowest BCUT2D eigenvalue weighted by atomic mass is 9.99. The van der Waals surface area contributed by atoms with Gasteiger partial charge in [-0.15, -0.1) is 11.3 Å². The summed E-state index contributed by atoms with van der Waals surface area (Å²) in [5, 5.41) is 14.5. The maximum absolute atomic E-state index is 12.9. The van der Waals surface area contributed by atoms with Crippen molar-refractivity contribution < 1.29 is 24.2 Å². The minimum absolute atomic E-state index is 0.0683. The van der Waals surface area contributed by atoms with Crippen LogP contribution in [0.25, 0.3) is 17.3 Å². The molecule has 0 spiro atoms. The van der Waals surface area contributed by atoms with Crippen LogP contribution in [0.1, 0.15) is 67.6 Å². The van der Waals surface area contributed by atoms with Crippen molar-refractivity contribution in [1.29, 1.82) is 0 Å². The molecule has 1 heterocycles. The minimum atomic E-state index is -1.09. The lowest BCUT2D eigenvalue weighted by Gasteiger charge is -2.21. The molecular weight excluding hydrogens is 547 g/mol. The minimum Gasteiger partial charge on any atom is -0.496 e. The van der Waals surface area contributed by atoms with E-state index < -0.39 is 11.9 Å². The number of halogens is 2. The summed E-state index contributed by atoms with van der Waals surface area (Å²) in [6, 6.07) is 8.77. The van der Waals surface area contributed by atoms with E-state index in [-0.39, 0.29) is 27.3 Å². The number of hydrogen-bond donors (Lipinski definition) is 2. The van der Waals surface area contributed by atoms with Gasteiger partial charge in [-0.25, -0.2) is 9.78 Å². The van der Waals surface area contributed by atoms with Crippen molar-refractivity contribution in [2.45, 2.75) is 46.1 Å². The number of carbonyl (C=O) groups excluding carboxylic acids is 1. The molecule has 0 bridgehead atoms. The van der Waals surface area contributed by atoms with Crippen LogP contribution in [0.3, 0.4) is 0 Å². The average Bonchev–Trinajstić information content (AvgIpc) is 3.35. The largest absolute Gasteiger partial charge is 0.496 e. The van der Waals surface area contributed by atoms with Crippen molar-refractivity contribution in [3.8, 4) is 17.0 Å². The van der Waals surface area contributed by atoms with Gasteiger partial charge in [-0.2, -0.15) is 0 Å². The number of anilines is 1. The molecule has 38 heavy (non-hydrogen) atoms. The molecule has 2 aromatic carbocycles. The van der Waals surface area contributed by atoms with Gasteiger partial charge >= 0.3 is 5.97 Å². The predicted molar refractivity (Wildman–Crippen MR) is 154 cm³/mol. The highest BCUT2D eigenvalue weighted by Gasteiger charge is 2.21. The summed E-state index contributed by atoms with van der Waals surface area (Å²) in [7, 11) is 1.63. The van der Waals surface area contributed by atoms with Crippen LogP contribution < -0.4 is 10.1 Å². The van der Waals surface area contributed by atoms with E-state index in [1.807, 2.05) is 30.5 Å². The lowest BCUT2D eigenvalue weighted by Crippen LogP contribution is -2.12. The second-order valence-electron chi connectivity index (χ2n) is 8.49. The van der Waals surface area contributed by atoms with E-state index in [0.717, 1.165) is 30.4 Å².